The molecule has 13 heavy (non-hydrogen) atoms. The van der Waals surface area contributed by atoms with Gasteiger partial charge >= 0.3 is 12.1 Å². The molecule has 0 aliphatic heterocycles. The Labute approximate surface area is 74.7 Å². The summed E-state index contributed by atoms with van der Waals surface area (Å²) in [5, 5.41) is 8.47. The van der Waals surface area contributed by atoms with Gasteiger partial charge in [0.1, 0.15) is 0 Å². The molecule has 1 atom stereocenters. The highest BCUT2D eigenvalue weighted by Gasteiger charge is 2.56. The number of alkyl halides is 3. The Kier molecular flexibility index (Phi) is 3.75. The van der Waals surface area contributed by atoms with Crippen molar-refractivity contribution in [2.24, 2.45) is 5.41 Å². The first-order valence-corrected chi connectivity index (χ1v) is 4.06. The van der Waals surface area contributed by atoms with Crippen LogP contribution in [0.1, 0.15) is 33.1 Å². The molecule has 0 rings (SSSR count). The fourth-order valence-corrected chi connectivity index (χ4v) is 0.900. The van der Waals surface area contributed by atoms with Gasteiger partial charge in [-0.05, 0) is 13.3 Å². The average Bonchev–Trinajstić information content (AvgIpc) is 1.97. The van der Waals surface area contributed by atoms with Gasteiger partial charge in [-0.3, -0.25) is 4.79 Å². The molecule has 0 fully saturated rings. The molecule has 0 radical (unpaired) electrons. The van der Waals surface area contributed by atoms with Crippen LogP contribution in [0.2, 0.25) is 0 Å². The third-order valence-electron chi connectivity index (χ3n) is 2.13. The van der Waals surface area contributed by atoms with E-state index in [0.717, 1.165) is 6.92 Å². The monoisotopic (exact) mass is 198 g/mol. The van der Waals surface area contributed by atoms with E-state index in [0.29, 0.717) is 6.42 Å². The molecule has 0 aromatic rings. The zero-order valence-corrected chi connectivity index (χ0v) is 7.61. The summed E-state index contributed by atoms with van der Waals surface area (Å²) in [4.78, 5) is 10.5. The Morgan fingerprint density at radius 2 is 1.85 bits per heavy atom. The Hall–Kier alpha value is -0.740. The van der Waals surface area contributed by atoms with Crippen molar-refractivity contribution >= 4 is 5.97 Å². The molecule has 0 aromatic heterocycles. The molecule has 0 heterocycles. The van der Waals surface area contributed by atoms with Crippen LogP contribution in [-0.2, 0) is 4.79 Å². The lowest BCUT2D eigenvalue weighted by Crippen LogP contribution is -2.42. The summed E-state index contributed by atoms with van der Waals surface area (Å²) in [6, 6.07) is 0. The van der Waals surface area contributed by atoms with Crippen LogP contribution in [0.15, 0.2) is 0 Å². The van der Waals surface area contributed by atoms with Crippen LogP contribution in [-0.4, -0.2) is 17.3 Å². The number of aliphatic carboxylic acids is 1. The zero-order valence-electron chi connectivity index (χ0n) is 7.61. The molecular formula is C8H13F3O2. The maximum absolute atomic E-state index is 12.3. The van der Waals surface area contributed by atoms with Gasteiger partial charge in [-0.15, -0.1) is 0 Å². The Balaban J connectivity index is 4.64. The summed E-state index contributed by atoms with van der Waals surface area (Å²) in [6.45, 7) is 2.45. The predicted molar refractivity (Wildman–Crippen MR) is 41.3 cm³/mol. The van der Waals surface area contributed by atoms with Crippen molar-refractivity contribution in [2.75, 3.05) is 0 Å². The normalized spacial score (nSPS) is 16.7. The molecule has 1 unspecified atom stereocenters. The molecule has 1 N–H and O–H groups in total. The lowest BCUT2D eigenvalue weighted by molar-refractivity contribution is -0.228. The standard InChI is InChI=1S/C8H13F3O2/c1-3-4-5-7(2,6(12)13)8(9,10)11/h3-5H2,1-2H3,(H,12,13). The third-order valence-corrected chi connectivity index (χ3v) is 2.13. The van der Waals surface area contributed by atoms with Gasteiger partial charge in [0, 0.05) is 0 Å². The maximum Gasteiger partial charge on any atom is 0.404 e. The van der Waals surface area contributed by atoms with E-state index in [4.69, 9.17) is 5.11 Å². The van der Waals surface area contributed by atoms with Crippen LogP contribution >= 0.6 is 0 Å². The van der Waals surface area contributed by atoms with E-state index in [1.54, 1.807) is 6.92 Å². The summed E-state index contributed by atoms with van der Waals surface area (Å²) in [6.07, 6.45) is -4.21. The molecule has 0 amide bonds. The highest BCUT2D eigenvalue weighted by atomic mass is 19.4. The van der Waals surface area contributed by atoms with E-state index in [-0.39, 0.29) is 12.8 Å². The van der Waals surface area contributed by atoms with Crippen LogP contribution in [0.4, 0.5) is 13.2 Å². The van der Waals surface area contributed by atoms with Crippen LogP contribution < -0.4 is 0 Å². The van der Waals surface area contributed by atoms with E-state index >= 15 is 0 Å². The second-order valence-electron chi connectivity index (χ2n) is 3.24. The van der Waals surface area contributed by atoms with Crippen molar-refractivity contribution in [3.63, 3.8) is 0 Å². The minimum absolute atomic E-state index is 0.266. The van der Waals surface area contributed by atoms with Crippen LogP contribution in [0, 0.1) is 5.41 Å². The summed E-state index contributed by atoms with van der Waals surface area (Å²) in [7, 11) is 0. The number of carboxylic acids is 1. The van der Waals surface area contributed by atoms with E-state index in [1.807, 2.05) is 0 Å². The summed E-state index contributed by atoms with van der Waals surface area (Å²) >= 11 is 0. The van der Waals surface area contributed by atoms with Crippen molar-refractivity contribution in [1.82, 2.24) is 0 Å². The van der Waals surface area contributed by atoms with Gasteiger partial charge in [0.05, 0.1) is 0 Å². The quantitative estimate of drug-likeness (QED) is 0.754. The Bertz CT molecular complexity index is 188. The van der Waals surface area contributed by atoms with Gasteiger partial charge in [-0.1, -0.05) is 19.8 Å². The van der Waals surface area contributed by atoms with Crippen molar-refractivity contribution in [2.45, 2.75) is 39.3 Å². The summed E-state index contributed by atoms with van der Waals surface area (Å²) in [5.74, 6) is -1.80. The Morgan fingerprint density at radius 1 is 1.38 bits per heavy atom. The minimum atomic E-state index is -4.67. The van der Waals surface area contributed by atoms with Gasteiger partial charge in [0.25, 0.3) is 0 Å². The molecule has 0 aromatic carbocycles. The second-order valence-corrected chi connectivity index (χ2v) is 3.24. The van der Waals surface area contributed by atoms with Gasteiger partial charge in [0.15, 0.2) is 5.41 Å². The third kappa shape index (κ3) is 2.60. The lowest BCUT2D eigenvalue weighted by atomic mass is 9.84. The molecule has 5 heteroatoms. The Morgan fingerprint density at radius 3 is 2.08 bits per heavy atom. The molecule has 0 saturated heterocycles. The lowest BCUT2D eigenvalue weighted by Gasteiger charge is -2.27. The molecule has 0 spiro atoms. The van der Waals surface area contributed by atoms with Gasteiger partial charge < -0.3 is 5.11 Å². The van der Waals surface area contributed by atoms with E-state index in [1.165, 1.54) is 0 Å². The molecule has 0 bridgehead atoms. The molecule has 78 valence electrons. The number of halogens is 3. The van der Waals surface area contributed by atoms with Crippen LogP contribution in [0.3, 0.4) is 0 Å². The first-order chi connectivity index (χ1) is 5.75. The highest BCUT2D eigenvalue weighted by molar-refractivity contribution is 5.75. The number of hydrogen-bond acceptors (Lipinski definition) is 1. The maximum atomic E-state index is 12.3. The number of carbonyl (C=O) groups is 1. The zero-order chi connectivity index (χ0) is 10.7. The number of rotatable bonds is 4. The fourth-order valence-electron chi connectivity index (χ4n) is 0.900. The van der Waals surface area contributed by atoms with Crippen molar-refractivity contribution in [1.29, 1.82) is 0 Å². The smallest absolute Gasteiger partial charge is 0.404 e. The van der Waals surface area contributed by atoms with Gasteiger partial charge in [-0.2, -0.15) is 13.2 Å². The first kappa shape index (κ1) is 12.3. The molecule has 0 aliphatic rings. The van der Waals surface area contributed by atoms with Crippen molar-refractivity contribution in [3.05, 3.63) is 0 Å². The van der Waals surface area contributed by atoms with Crippen molar-refractivity contribution in [3.8, 4) is 0 Å². The van der Waals surface area contributed by atoms with Crippen molar-refractivity contribution < 1.29 is 23.1 Å². The summed E-state index contributed by atoms with van der Waals surface area (Å²) < 4.78 is 36.9. The molecular weight excluding hydrogens is 185 g/mol. The number of unbranched alkanes of at least 4 members (excludes halogenated alkanes) is 1. The van der Waals surface area contributed by atoms with Gasteiger partial charge in [-0.25, -0.2) is 0 Å². The predicted octanol–water partition coefficient (Wildman–Crippen LogP) is 2.83. The first-order valence-electron chi connectivity index (χ1n) is 4.06. The second kappa shape index (κ2) is 3.98. The largest absolute Gasteiger partial charge is 0.481 e. The highest BCUT2D eigenvalue weighted by Crippen LogP contribution is 2.42. The van der Waals surface area contributed by atoms with Gasteiger partial charge in [0.2, 0.25) is 0 Å². The number of carboxylic acid groups (broad SMARTS) is 1. The fraction of sp³-hybridized carbons (Fsp3) is 0.875. The van der Waals surface area contributed by atoms with E-state index < -0.39 is 17.6 Å². The SMILES string of the molecule is CCCCC(C)(C(=O)O)C(F)(F)F. The van der Waals surface area contributed by atoms with Crippen LogP contribution in [0.5, 0.6) is 0 Å². The number of hydrogen-bond donors (Lipinski definition) is 1. The topological polar surface area (TPSA) is 37.3 Å². The van der Waals surface area contributed by atoms with E-state index in [9.17, 15) is 18.0 Å². The minimum Gasteiger partial charge on any atom is -0.481 e. The van der Waals surface area contributed by atoms with E-state index in [2.05, 4.69) is 0 Å². The molecule has 0 aliphatic carbocycles. The average molecular weight is 198 g/mol. The summed E-state index contributed by atoms with van der Waals surface area (Å²) in [5.41, 5.74) is -2.59. The molecule has 2 nitrogen and oxygen atoms in total. The molecule has 0 saturated carbocycles. The van der Waals surface area contributed by atoms with Crippen LogP contribution in [0.25, 0.3) is 0 Å².